The van der Waals surface area contributed by atoms with Crippen LogP contribution in [0.1, 0.15) is 52.7 Å². The topological polar surface area (TPSA) is 164 Å². The molecule has 14 heteroatoms. The van der Waals surface area contributed by atoms with Gasteiger partial charge in [-0.3, -0.25) is 9.59 Å². The molecule has 6 N–H and O–H groups in total. The van der Waals surface area contributed by atoms with Crippen LogP contribution in [0.25, 0.3) is 10.2 Å². The van der Waals surface area contributed by atoms with Crippen LogP contribution in [-0.4, -0.2) is 69.4 Å². The van der Waals surface area contributed by atoms with E-state index in [0.29, 0.717) is 50.7 Å². The predicted molar refractivity (Wildman–Crippen MR) is 199 cm³/mol. The number of aromatic hydroxyl groups is 1. The lowest BCUT2D eigenvalue weighted by Crippen LogP contribution is -2.42. The van der Waals surface area contributed by atoms with Gasteiger partial charge < -0.3 is 40.6 Å². The number of benzene rings is 2. The summed E-state index contributed by atoms with van der Waals surface area (Å²) in [5.74, 6) is -0.374. The maximum absolute atomic E-state index is 13.6. The minimum Gasteiger partial charge on any atom is -0.506 e. The molecule has 0 radical (unpaired) electrons. The summed E-state index contributed by atoms with van der Waals surface area (Å²) in [7, 11) is 2.02. The summed E-state index contributed by atoms with van der Waals surface area (Å²) in [6.45, 7) is 1.30. The molecule has 268 valence electrons. The van der Waals surface area contributed by atoms with Crippen molar-refractivity contribution in [1.29, 1.82) is 0 Å². The van der Waals surface area contributed by atoms with Gasteiger partial charge in [-0.15, -0.1) is 22.7 Å². The summed E-state index contributed by atoms with van der Waals surface area (Å²) in [5, 5.41) is 42.3. The fourth-order valence-electron chi connectivity index (χ4n) is 7.56. The van der Waals surface area contributed by atoms with Gasteiger partial charge in [0.2, 0.25) is 11.5 Å². The van der Waals surface area contributed by atoms with Gasteiger partial charge >= 0.3 is 10.8 Å². The van der Waals surface area contributed by atoms with Crippen LogP contribution < -0.4 is 15.5 Å². The molecule has 3 aromatic heterocycles. The molecule has 2 fully saturated rings. The molecule has 0 spiro atoms. The number of aliphatic hydroxyl groups is 2. The summed E-state index contributed by atoms with van der Waals surface area (Å²) in [5.41, 5.74) is 0.738. The standard InChI is InChI=1S/C37H40N4O7S3/c1-41(26-18-22-8-11-24(26)33(22)48-35(45)37(47,29-4-2-16-49-29)30-5-3-17-50-30)15-14-31(44)39-23-9-6-21(7-10-23)19-38-20-28(43)25-12-13-27(42)32-34(25)51-36(46)40-32/h2-7,9-10,12-13,16-17,22,24,26,28,33,38,42-43,47H,8,11,14-15,18-20H2,1H3,(H,39,44)(H,40,46)/t22?,24?,26?,28-,33?/m0/s1. The van der Waals surface area contributed by atoms with Crippen LogP contribution in [0, 0.1) is 11.8 Å². The average molecular weight is 749 g/mol. The third-order valence-electron chi connectivity index (χ3n) is 10.2. The Kier molecular flexibility index (Phi) is 10.4. The minimum atomic E-state index is -1.82. The molecule has 5 atom stereocenters. The van der Waals surface area contributed by atoms with Gasteiger partial charge in [-0.1, -0.05) is 41.7 Å². The molecule has 11 nitrogen and oxygen atoms in total. The number of nitrogens with one attached hydrogen (secondary N) is 3. The van der Waals surface area contributed by atoms with Crippen LogP contribution in [0.2, 0.25) is 0 Å². The third-order valence-corrected chi connectivity index (χ3v) is 13.1. The summed E-state index contributed by atoms with van der Waals surface area (Å²) in [6.07, 6.45) is 1.98. The molecule has 2 aromatic carbocycles. The Balaban J connectivity index is 0.872. The van der Waals surface area contributed by atoms with E-state index in [1.54, 1.807) is 18.2 Å². The maximum Gasteiger partial charge on any atom is 0.349 e. The van der Waals surface area contributed by atoms with Crippen LogP contribution in [0.3, 0.4) is 0 Å². The third kappa shape index (κ3) is 7.27. The molecule has 7 rings (SSSR count). The molecule has 51 heavy (non-hydrogen) atoms. The van der Waals surface area contributed by atoms with Crippen molar-refractivity contribution in [1.82, 2.24) is 15.2 Å². The number of phenolic OH excluding ortho intramolecular Hbond substituents is 1. The first-order valence-corrected chi connectivity index (χ1v) is 19.5. The van der Waals surface area contributed by atoms with E-state index in [4.69, 9.17) is 4.74 Å². The number of H-pyrrole nitrogens is 1. The smallest absolute Gasteiger partial charge is 0.349 e. The second-order valence-electron chi connectivity index (χ2n) is 13.4. The SMILES string of the molecule is CN(CCC(=O)Nc1ccc(CNC[C@H](O)c2ccc(O)c3[nH]c(=O)sc23)cc1)C1CC2CCC1C2OC(=O)C(O)(c1cccs1)c1cccs1. The largest absolute Gasteiger partial charge is 0.506 e. The monoisotopic (exact) mass is 748 g/mol. The Morgan fingerprint density at radius 2 is 1.78 bits per heavy atom. The molecule has 3 heterocycles. The van der Waals surface area contributed by atoms with Crippen molar-refractivity contribution in [2.24, 2.45) is 11.8 Å². The number of hydrogen-bond donors (Lipinski definition) is 6. The quantitative estimate of drug-likeness (QED) is 0.0844. The van der Waals surface area contributed by atoms with E-state index in [9.17, 15) is 29.7 Å². The van der Waals surface area contributed by atoms with Crippen molar-refractivity contribution in [3.8, 4) is 5.75 Å². The maximum atomic E-state index is 13.6. The Labute approximate surface area is 306 Å². The number of rotatable bonds is 14. The number of amides is 1. The van der Waals surface area contributed by atoms with Gasteiger partial charge in [-0.25, -0.2) is 4.79 Å². The van der Waals surface area contributed by atoms with Crippen LogP contribution in [0.4, 0.5) is 5.69 Å². The zero-order chi connectivity index (χ0) is 35.7. The first-order chi connectivity index (χ1) is 24.6. The minimum absolute atomic E-state index is 0.0315. The number of hydrogen-bond acceptors (Lipinski definition) is 12. The number of aromatic amines is 1. The van der Waals surface area contributed by atoms with Crippen LogP contribution in [0.15, 0.2) is 76.2 Å². The number of aliphatic hydroxyl groups excluding tert-OH is 1. The number of fused-ring (bicyclic) bond motifs is 3. The number of carbonyl (C=O) groups excluding carboxylic acids is 2. The van der Waals surface area contributed by atoms with Crippen molar-refractivity contribution < 1.29 is 29.6 Å². The van der Waals surface area contributed by atoms with Crippen molar-refractivity contribution in [3.05, 3.63) is 102 Å². The van der Waals surface area contributed by atoms with E-state index >= 15 is 0 Å². The zero-order valence-electron chi connectivity index (χ0n) is 27.9. The second-order valence-corrected chi connectivity index (χ2v) is 16.2. The first kappa shape index (κ1) is 35.5. The van der Waals surface area contributed by atoms with E-state index in [1.165, 1.54) is 28.7 Å². The first-order valence-electron chi connectivity index (χ1n) is 17.0. The number of phenols is 1. The summed E-state index contributed by atoms with van der Waals surface area (Å²) < 4.78 is 6.70. The number of thiophene rings is 2. The molecule has 0 saturated heterocycles. The van der Waals surface area contributed by atoms with E-state index in [-0.39, 0.29) is 47.1 Å². The molecule has 5 aromatic rings. The Morgan fingerprint density at radius 1 is 1.06 bits per heavy atom. The van der Waals surface area contributed by atoms with Crippen molar-refractivity contribution in [2.75, 3.05) is 25.5 Å². The molecule has 2 aliphatic rings. The zero-order valence-corrected chi connectivity index (χ0v) is 30.4. The lowest BCUT2D eigenvalue weighted by molar-refractivity contribution is -0.170. The van der Waals surface area contributed by atoms with Gasteiger partial charge in [0.05, 0.1) is 20.6 Å². The Hall–Kier alpha value is -3.89. The van der Waals surface area contributed by atoms with E-state index in [0.717, 1.165) is 36.2 Å². The second kappa shape index (κ2) is 15.0. The molecule has 1 amide bonds. The molecule has 0 aliphatic heterocycles. The highest BCUT2D eigenvalue weighted by Gasteiger charge is 2.54. The van der Waals surface area contributed by atoms with Gasteiger partial charge in [-0.05, 0) is 78.9 Å². The highest BCUT2D eigenvalue weighted by atomic mass is 32.1. The number of anilines is 1. The molecule has 4 unspecified atom stereocenters. The van der Waals surface area contributed by atoms with Crippen molar-refractivity contribution in [3.63, 3.8) is 0 Å². The van der Waals surface area contributed by atoms with Crippen LogP contribution in [0.5, 0.6) is 5.75 Å². The van der Waals surface area contributed by atoms with Gasteiger partial charge in [0.15, 0.2) is 0 Å². The number of ether oxygens (including phenoxy) is 1. The lowest BCUT2D eigenvalue weighted by atomic mass is 9.94. The number of thiazole rings is 1. The van der Waals surface area contributed by atoms with Crippen molar-refractivity contribution in [2.45, 2.75) is 56.1 Å². The fraction of sp³-hybridized carbons (Fsp3) is 0.378. The van der Waals surface area contributed by atoms with Gasteiger partial charge in [0.25, 0.3) is 0 Å². The lowest BCUT2D eigenvalue weighted by Gasteiger charge is -2.32. The molecular weight excluding hydrogens is 709 g/mol. The van der Waals surface area contributed by atoms with Crippen LogP contribution in [-0.2, 0) is 26.5 Å². The van der Waals surface area contributed by atoms with E-state index in [1.807, 2.05) is 54.2 Å². The average Bonchev–Trinajstić information content (AvgIpc) is 3.98. The Bertz CT molecular complexity index is 1990. The van der Waals surface area contributed by atoms with E-state index in [2.05, 4.69) is 20.5 Å². The molecular formula is C37H40N4O7S3. The normalized spacial score (nSPS) is 20.6. The highest BCUT2D eigenvalue weighted by Crippen LogP contribution is 2.49. The summed E-state index contributed by atoms with van der Waals surface area (Å²) in [6, 6.07) is 18.0. The van der Waals surface area contributed by atoms with Crippen LogP contribution >= 0.6 is 34.0 Å². The number of aromatic nitrogens is 1. The highest BCUT2D eigenvalue weighted by molar-refractivity contribution is 7.16. The van der Waals surface area contributed by atoms with Gasteiger partial charge in [0, 0.05) is 49.3 Å². The van der Waals surface area contributed by atoms with Gasteiger partial charge in [-0.2, -0.15) is 0 Å². The van der Waals surface area contributed by atoms with E-state index < -0.39 is 17.7 Å². The van der Waals surface area contributed by atoms with Crippen molar-refractivity contribution >= 4 is 61.8 Å². The van der Waals surface area contributed by atoms with Gasteiger partial charge in [0.1, 0.15) is 17.4 Å². The number of carbonyl (C=O) groups is 2. The predicted octanol–water partition coefficient (Wildman–Crippen LogP) is 5.15. The molecule has 2 saturated carbocycles. The summed E-state index contributed by atoms with van der Waals surface area (Å²) in [4.78, 5) is 44.0. The number of nitrogens with zero attached hydrogens (tertiary/aromatic N) is 1. The molecule has 2 aliphatic carbocycles. The molecule has 2 bridgehead atoms. The summed E-state index contributed by atoms with van der Waals surface area (Å²) >= 11 is 3.63. The Morgan fingerprint density at radius 3 is 2.47 bits per heavy atom. The number of esters is 1. The fourth-order valence-corrected chi connectivity index (χ4v) is 10.2.